The second kappa shape index (κ2) is 7.47. The maximum atomic E-state index is 13.1. The molecule has 0 aliphatic carbocycles. The summed E-state index contributed by atoms with van der Waals surface area (Å²) >= 11 is 0. The number of anilines is 1. The summed E-state index contributed by atoms with van der Waals surface area (Å²) in [5.74, 6) is -0.324. The quantitative estimate of drug-likeness (QED) is 0.584. The van der Waals surface area contributed by atoms with Crippen LogP contribution in [-0.2, 0) is 35.3 Å². The Hall–Kier alpha value is -3.24. The molecule has 0 spiro atoms. The van der Waals surface area contributed by atoms with E-state index in [1.807, 2.05) is 24.3 Å². The van der Waals surface area contributed by atoms with Crippen LogP contribution < -0.4 is 16.1 Å². The lowest BCUT2D eigenvalue weighted by Crippen LogP contribution is -2.40. The van der Waals surface area contributed by atoms with E-state index in [4.69, 9.17) is 0 Å². The molecule has 0 unspecified atom stereocenters. The lowest BCUT2D eigenvalue weighted by molar-refractivity contribution is -0.118. The summed E-state index contributed by atoms with van der Waals surface area (Å²) in [5, 5.41) is 0.110. The predicted molar refractivity (Wildman–Crippen MR) is 117 cm³/mol. The summed E-state index contributed by atoms with van der Waals surface area (Å²) < 4.78 is 29.4. The third-order valence-electron chi connectivity index (χ3n) is 5.69. The minimum absolute atomic E-state index is 0.110. The summed E-state index contributed by atoms with van der Waals surface area (Å²) in [6, 6.07) is 11.6. The summed E-state index contributed by atoms with van der Waals surface area (Å²) in [7, 11) is 0.145. The highest BCUT2D eigenvalue weighted by atomic mass is 32.2. The van der Waals surface area contributed by atoms with Crippen molar-refractivity contribution < 1.29 is 13.2 Å². The van der Waals surface area contributed by atoms with Gasteiger partial charge in [0.05, 0.1) is 22.3 Å². The van der Waals surface area contributed by atoms with Crippen molar-refractivity contribution in [3.8, 4) is 0 Å². The van der Waals surface area contributed by atoms with Gasteiger partial charge in [-0.3, -0.25) is 18.7 Å². The molecule has 0 bridgehead atoms. The molecule has 4 rings (SSSR count). The SMILES string of the molecule is CN(CC(=O)N1CCc2ccccc21)S(=O)(=O)c1ccc2c(c1)c(=O)n(C)c(=O)n2C. The van der Waals surface area contributed by atoms with Crippen molar-refractivity contribution in [1.29, 1.82) is 0 Å². The molecule has 0 radical (unpaired) electrons. The van der Waals surface area contributed by atoms with Gasteiger partial charge in [-0.05, 0) is 36.2 Å². The third kappa shape index (κ3) is 3.37. The Morgan fingerprint density at radius 2 is 1.77 bits per heavy atom. The van der Waals surface area contributed by atoms with E-state index in [1.54, 1.807) is 4.90 Å². The molecule has 0 saturated carbocycles. The zero-order chi connectivity index (χ0) is 22.5. The fraction of sp³-hybridized carbons (Fsp3) is 0.286. The number of likely N-dealkylation sites (N-methyl/N-ethyl adjacent to an activating group) is 1. The Kier molecular flexibility index (Phi) is 5.06. The second-order valence-corrected chi connectivity index (χ2v) is 9.61. The largest absolute Gasteiger partial charge is 0.330 e. The number of aromatic nitrogens is 2. The van der Waals surface area contributed by atoms with Crippen LogP contribution in [0, 0.1) is 0 Å². The number of sulfonamides is 1. The third-order valence-corrected chi connectivity index (χ3v) is 7.49. The average molecular weight is 442 g/mol. The Morgan fingerprint density at radius 1 is 1.06 bits per heavy atom. The Labute approximate surface area is 178 Å². The fourth-order valence-corrected chi connectivity index (χ4v) is 5.02. The van der Waals surface area contributed by atoms with Crippen molar-refractivity contribution in [2.75, 3.05) is 25.0 Å². The van der Waals surface area contributed by atoms with E-state index in [2.05, 4.69) is 0 Å². The van der Waals surface area contributed by atoms with Crippen LogP contribution in [0.25, 0.3) is 10.9 Å². The van der Waals surface area contributed by atoms with Gasteiger partial charge in [-0.25, -0.2) is 13.2 Å². The zero-order valence-corrected chi connectivity index (χ0v) is 18.2. The molecular weight excluding hydrogens is 420 g/mol. The molecule has 10 heteroatoms. The number of aryl methyl sites for hydroxylation is 1. The molecule has 0 N–H and O–H groups in total. The number of amides is 1. The van der Waals surface area contributed by atoms with Crippen molar-refractivity contribution in [2.24, 2.45) is 14.1 Å². The van der Waals surface area contributed by atoms with E-state index in [-0.39, 0.29) is 22.7 Å². The lowest BCUT2D eigenvalue weighted by atomic mass is 10.2. The molecule has 31 heavy (non-hydrogen) atoms. The van der Waals surface area contributed by atoms with Crippen LogP contribution in [-0.4, -0.2) is 47.9 Å². The first-order valence-electron chi connectivity index (χ1n) is 9.67. The van der Waals surface area contributed by atoms with Gasteiger partial charge in [-0.2, -0.15) is 4.31 Å². The highest BCUT2D eigenvalue weighted by Crippen LogP contribution is 2.28. The number of para-hydroxylation sites is 1. The number of hydrogen-bond acceptors (Lipinski definition) is 5. The number of nitrogens with zero attached hydrogens (tertiary/aromatic N) is 4. The van der Waals surface area contributed by atoms with E-state index in [0.29, 0.717) is 12.1 Å². The zero-order valence-electron chi connectivity index (χ0n) is 17.4. The number of rotatable bonds is 4. The summed E-state index contributed by atoms with van der Waals surface area (Å²) in [6.45, 7) is 0.173. The van der Waals surface area contributed by atoms with Gasteiger partial charge in [0.1, 0.15) is 0 Å². The minimum Gasteiger partial charge on any atom is -0.311 e. The molecule has 2 aromatic carbocycles. The molecule has 0 saturated heterocycles. The monoisotopic (exact) mass is 442 g/mol. The van der Waals surface area contributed by atoms with E-state index < -0.39 is 21.3 Å². The van der Waals surface area contributed by atoms with E-state index >= 15 is 0 Å². The molecule has 1 amide bonds. The van der Waals surface area contributed by atoms with Gasteiger partial charge in [0.15, 0.2) is 0 Å². The van der Waals surface area contributed by atoms with E-state index in [1.165, 1.54) is 43.9 Å². The van der Waals surface area contributed by atoms with Crippen LogP contribution >= 0.6 is 0 Å². The first-order valence-corrected chi connectivity index (χ1v) is 11.1. The van der Waals surface area contributed by atoms with Crippen LogP contribution in [0.4, 0.5) is 5.69 Å². The van der Waals surface area contributed by atoms with E-state index in [0.717, 1.165) is 26.5 Å². The highest BCUT2D eigenvalue weighted by Gasteiger charge is 2.29. The molecule has 0 fully saturated rings. The number of benzene rings is 2. The molecule has 3 aromatic rings. The fourth-order valence-electron chi connectivity index (χ4n) is 3.87. The molecule has 0 atom stereocenters. The Bertz CT molecular complexity index is 1440. The predicted octanol–water partition coefficient (Wildman–Crippen LogP) is 0.447. The van der Waals surface area contributed by atoms with Gasteiger partial charge in [0.2, 0.25) is 15.9 Å². The van der Waals surface area contributed by atoms with Crippen LogP contribution in [0.1, 0.15) is 5.56 Å². The van der Waals surface area contributed by atoms with Gasteiger partial charge < -0.3 is 4.90 Å². The van der Waals surface area contributed by atoms with Gasteiger partial charge >= 0.3 is 5.69 Å². The van der Waals surface area contributed by atoms with Crippen molar-refractivity contribution in [1.82, 2.24) is 13.4 Å². The number of fused-ring (bicyclic) bond motifs is 2. The van der Waals surface area contributed by atoms with Crippen molar-refractivity contribution >= 4 is 32.5 Å². The number of carbonyl (C=O) groups excluding carboxylic acids is 1. The molecule has 1 aliphatic heterocycles. The van der Waals surface area contributed by atoms with Gasteiger partial charge in [-0.15, -0.1) is 0 Å². The Morgan fingerprint density at radius 3 is 2.52 bits per heavy atom. The number of carbonyl (C=O) groups is 1. The van der Waals surface area contributed by atoms with Crippen LogP contribution in [0.3, 0.4) is 0 Å². The minimum atomic E-state index is -4.03. The summed E-state index contributed by atoms with van der Waals surface area (Å²) in [4.78, 5) is 38.9. The first kappa shape index (κ1) is 21.0. The topological polar surface area (TPSA) is 102 Å². The number of hydrogen-bond donors (Lipinski definition) is 0. The maximum absolute atomic E-state index is 13.1. The average Bonchev–Trinajstić information content (AvgIpc) is 3.20. The highest BCUT2D eigenvalue weighted by molar-refractivity contribution is 7.89. The first-order chi connectivity index (χ1) is 14.6. The lowest BCUT2D eigenvalue weighted by Gasteiger charge is -2.22. The van der Waals surface area contributed by atoms with Crippen molar-refractivity contribution in [2.45, 2.75) is 11.3 Å². The molecule has 162 valence electrons. The van der Waals surface area contributed by atoms with Crippen LogP contribution in [0.15, 0.2) is 56.9 Å². The van der Waals surface area contributed by atoms with Gasteiger partial charge in [0.25, 0.3) is 5.56 Å². The normalized spacial score (nSPS) is 13.7. The molecule has 1 aromatic heterocycles. The van der Waals surface area contributed by atoms with Gasteiger partial charge in [0, 0.05) is 33.4 Å². The summed E-state index contributed by atoms with van der Waals surface area (Å²) in [5.41, 5.74) is 1.11. The maximum Gasteiger partial charge on any atom is 0.330 e. The van der Waals surface area contributed by atoms with Crippen molar-refractivity contribution in [3.05, 3.63) is 68.9 Å². The summed E-state index contributed by atoms with van der Waals surface area (Å²) in [6.07, 6.45) is 0.727. The van der Waals surface area contributed by atoms with Crippen LogP contribution in [0.2, 0.25) is 0 Å². The van der Waals surface area contributed by atoms with E-state index in [9.17, 15) is 22.8 Å². The van der Waals surface area contributed by atoms with Crippen molar-refractivity contribution in [3.63, 3.8) is 0 Å². The second-order valence-electron chi connectivity index (χ2n) is 7.57. The Balaban J connectivity index is 1.65. The molecule has 1 aliphatic rings. The van der Waals surface area contributed by atoms with Crippen LogP contribution in [0.5, 0.6) is 0 Å². The van der Waals surface area contributed by atoms with Gasteiger partial charge in [-0.1, -0.05) is 18.2 Å². The smallest absolute Gasteiger partial charge is 0.311 e. The molecular formula is C21H22N4O5S. The molecule has 9 nitrogen and oxygen atoms in total. The standard InChI is InChI=1S/C21H22N4O5S/c1-22(13-19(26)25-11-10-14-6-4-5-7-17(14)25)31(29,30)15-8-9-18-16(12-15)20(27)24(3)21(28)23(18)2/h4-9,12H,10-11,13H2,1-3H3. The molecule has 2 heterocycles.